The van der Waals surface area contributed by atoms with Gasteiger partial charge < -0.3 is 10.6 Å². The molecule has 0 atom stereocenters. The zero-order chi connectivity index (χ0) is 23.3. The molecule has 0 saturated heterocycles. The quantitative estimate of drug-likeness (QED) is 0.589. The van der Waals surface area contributed by atoms with Gasteiger partial charge >= 0.3 is 0 Å². The smallest absolute Gasteiger partial charge is 0.261 e. The minimum atomic E-state index is -0.376. The second-order valence-corrected chi connectivity index (χ2v) is 7.64. The molecule has 0 aliphatic carbocycles. The van der Waals surface area contributed by atoms with Crippen molar-refractivity contribution in [2.45, 2.75) is 27.2 Å². The summed E-state index contributed by atoms with van der Waals surface area (Å²) in [6.07, 6.45) is -0.00707. The van der Waals surface area contributed by atoms with Crippen molar-refractivity contribution in [3.05, 3.63) is 59.2 Å². The summed E-state index contributed by atoms with van der Waals surface area (Å²) in [5, 5.41) is 5.67. The third kappa shape index (κ3) is 5.20. The van der Waals surface area contributed by atoms with Crippen molar-refractivity contribution in [3.63, 3.8) is 0 Å². The van der Waals surface area contributed by atoms with Gasteiger partial charge in [0.05, 0.1) is 17.7 Å². The van der Waals surface area contributed by atoms with Crippen LogP contribution in [0.4, 0.5) is 11.4 Å². The second kappa shape index (κ2) is 10.2. The molecule has 0 spiro atoms. The maximum atomic E-state index is 12.4. The van der Waals surface area contributed by atoms with E-state index < -0.39 is 0 Å². The minimum absolute atomic E-state index is 0.00707. The van der Waals surface area contributed by atoms with E-state index in [2.05, 4.69) is 10.6 Å². The Morgan fingerprint density at radius 2 is 1.53 bits per heavy atom. The van der Waals surface area contributed by atoms with Gasteiger partial charge in [0.15, 0.2) is 0 Å². The van der Waals surface area contributed by atoms with Crippen LogP contribution in [-0.2, 0) is 9.59 Å². The van der Waals surface area contributed by atoms with E-state index in [1.807, 2.05) is 25.7 Å². The lowest BCUT2D eigenvalue weighted by Gasteiger charge is -2.18. The van der Waals surface area contributed by atoms with Gasteiger partial charge in [-0.05, 0) is 55.9 Å². The summed E-state index contributed by atoms with van der Waals surface area (Å²) < 4.78 is 0. The molecule has 2 aromatic rings. The van der Waals surface area contributed by atoms with Crippen molar-refractivity contribution < 1.29 is 19.2 Å². The Morgan fingerprint density at radius 1 is 0.906 bits per heavy atom. The average Bonchev–Trinajstić information content (AvgIpc) is 3.02. The molecule has 4 amide bonds. The molecule has 0 unspecified atom stereocenters. The van der Waals surface area contributed by atoms with Crippen LogP contribution in [0.15, 0.2) is 42.5 Å². The van der Waals surface area contributed by atoms with Gasteiger partial charge in [0.25, 0.3) is 11.8 Å². The molecule has 0 bridgehead atoms. The monoisotopic (exact) mass is 436 g/mol. The first-order valence-corrected chi connectivity index (χ1v) is 10.7. The highest BCUT2D eigenvalue weighted by Crippen LogP contribution is 2.23. The largest absolute Gasteiger partial charge is 0.326 e. The van der Waals surface area contributed by atoms with Gasteiger partial charge in [0.1, 0.15) is 0 Å². The third-order valence-electron chi connectivity index (χ3n) is 5.49. The number of nitrogens with zero attached hydrogens (tertiary/aromatic N) is 2. The second-order valence-electron chi connectivity index (χ2n) is 7.64. The Hall–Kier alpha value is -3.52. The van der Waals surface area contributed by atoms with Crippen LogP contribution in [-0.4, -0.2) is 59.6 Å². The molecule has 32 heavy (non-hydrogen) atoms. The number of imide groups is 1. The summed E-state index contributed by atoms with van der Waals surface area (Å²) in [4.78, 5) is 52.5. The van der Waals surface area contributed by atoms with E-state index in [-0.39, 0.29) is 36.6 Å². The number of anilines is 2. The van der Waals surface area contributed by atoms with E-state index >= 15 is 0 Å². The number of amides is 4. The number of likely N-dealkylation sites (N-methyl/N-ethyl adjacent to an activating group) is 1. The molecule has 168 valence electrons. The molecule has 8 nitrogen and oxygen atoms in total. The summed E-state index contributed by atoms with van der Waals surface area (Å²) >= 11 is 0. The Morgan fingerprint density at radius 3 is 2.09 bits per heavy atom. The van der Waals surface area contributed by atoms with Crippen LogP contribution >= 0.6 is 0 Å². The lowest BCUT2D eigenvalue weighted by molar-refractivity contribution is -0.117. The summed E-state index contributed by atoms with van der Waals surface area (Å²) in [6.45, 7) is 7.80. The number of hydrogen-bond acceptors (Lipinski definition) is 5. The van der Waals surface area contributed by atoms with Gasteiger partial charge in [-0.1, -0.05) is 26.0 Å². The van der Waals surface area contributed by atoms with Crippen LogP contribution in [0, 0.1) is 6.92 Å². The Labute approximate surface area is 187 Å². The van der Waals surface area contributed by atoms with E-state index in [4.69, 9.17) is 0 Å². The fourth-order valence-corrected chi connectivity index (χ4v) is 3.60. The van der Waals surface area contributed by atoms with Crippen LogP contribution < -0.4 is 10.6 Å². The van der Waals surface area contributed by atoms with Crippen LogP contribution in [0.5, 0.6) is 0 Å². The maximum absolute atomic E-state index is 12.4. The van der Waals surface area contributed by atoms with Gasteiger partial charge in [-0.15, -0.1) is 0 Å². The normalized spacial score (nSPS) is 12.8. The van der Waals surface area contributed by atoms with E-state index in [1.54, 1.807) is 42.5 Å². The summed E-state index contributed by atoms with van der Waals surface area (Å²) in [6, 6.07) is 11.9. The number of nitrogens with one attached hydrogen (secondary N) is 2. The molecule has 8 heteroatoms. The molecular weight excluding hydrogens is 408 g/mol. The zero-order valence-electron chi connectivity index (χ0n) is 18.6. The standard InChI is InChI=1S/C24H28N4O4/c1-4-27(5-2)15-22(30)26-20-11-10-17(14-16(20)3)25-21(29)12-13-28-23(31)18-8-6-7-9-19(18)24(28)32/h6-11,14H,4-5,12-13,15H2,1-3H3,(H,25,29)(H,26,30). The van der Waals surface area contributed by atoms with E-state index in [0.29, 0.717) is 29.0 Å². The highest BCUT2D eigenvalue weighted by Gasteiger charge is 2.34. The molecule has 1 heterocycles. The van der Waals surface area contributed by atoms with E-state index in [1.165, 1.54) is 0 Å². The molecular formula is C24H28N4O4. The Bertz CT molecular complexity index is 1010. The van der Waals surface area contributed by atoms with Gasteiger partial charge in [-0.2, -0.15) is 0 Å². The van der Waals surface area contributed by atoms with Crippen molar-refractivity contribution in [1.29, 1.82) is 0 Å². The van der Waals surface area contributed by atoms with Crippen LogP contribution in [0.1, 0.15) is 46.5 Å². The number of aryl methyl sites for hydroxylation is 1. The molecule has 3 rings (SSSR count). The number of carbonyl (C=O) groups excluding carboxylic acids is 4. The first-order chi connectivity index (χ1) is 15.3. The summed E-state index contributed by atoms with van der Waals surface area (Å²) in [5.74, 6) is -1.15. The third-order valence-corrected chi connectivity index (χ3v) is 5.49. The Balaban J connectivity index is 1.54. The predicted octanol–water partition coefficient (Wildman–Crippen LogP) is 2.90. The van der Waals surface area contributed by atoms with E-state index in [9.17, 15) is 19.2 Å². The van der Waals surface area contributed by atoms with Gasteiger partial charge in [-0.25, -0.2) is 0 Å². The van der Waals surface area contributed by atoms with Crippen LogP contribution in [0.25, 0.3) is 0 Å². The lowest BCUT2D eigenvalue weighted by Crippen LogP contribution is -2.33. The minimum Gasteiger partial charge on any atom is -0.326 e. The Kier molecular flexibility index (Phi) is 7.37. The number of rotatable bonds is 9. The van der Waals surface area contributed by atoms with Crippen molar-refractivity contribution >= 4 is 35.0 Å². The molecule has 0 radical (unpaired) electrons. The molecule has 1 aliphatic heterocycles. The van der Waals surface area contributed by atoms with Crippen LogP contribution in [0.2, 0.25) is 0 Å². The number of carbonyl (C=O) groups is 4. The van der Waals surface area contributed by atoms with E-state index in [0.717, 1.165) is 23.6 Å². The molecule has 0 fully saturated rings. The predicted molar refractivity (Wildman–Crippen MR) is 123 cm³/mol. The molecule has 2 N–H and O–H groups in total. The first-order valence-electron chi connectivity index (χ1n) is 10.7. The molecule has 0 aromatic heterocycles. The van der Waals surface area contributed by atoms with Crippen LogP contribution in [0.3, 0.4) is 0 Å². The van der Waals surface area contributed by atoms with Crippen molar-refractivity contribution in [2.75, 3.05) is 36.8 Å². The van der Waals surface area contributed by atoms with Crippen molar-refractivity contribution in [3.8, 4) is 0 Å². The zero-order valence-corrected chi connectivity index (χ0v) is 18.6. The van der Waals surface area contributed by atoms with Crippen molar-refractivity contribution in [1.82, 2.24) is 9.80 Å². The topological polar surface area (TPSA) is 98.8 Å². The summed E-state index contributed by atoms with van der Waals surface area (Å²) in [5.41, 5.74) is 2.82. The first kappa shape index (κ1) is 23.1. The number of fused-ring (bicyclic) bond motifs is 1. The lowest BCUT2D eigenvalue weighted by atomic mass is 10.1. The van der Waals surface area contributed by atoms with Crippen molar-refractivity contribution in [2.24, 2.45) is 0 Å². The highest BCUT2D eigenvalue weighted by atomic mass is 16.2. The van der Waals surface area contributed by atoms with Gasteiger partial charge in [0.2, 0.25) is 11.8 Å². The summed E-state index contributed by atoms with van der Waals surface area (Å²) in [7, 11) is 0. The molecule has 2 aromatic carbocycles. The molecule has 0 saturated carbocycles. The van der Waals surface area contributed by atoms with Gasteiger partial charge in [0, 0.05) is 24.3 Å². The fraction of sp³-hybridized carbons (Fsp3) is 0.333. The average molecular weight is 437 g/mol. The highest BCUT2D eigenvalue weighted by molar-refractivity contribution is 6.21. The maximum Gasteiger partial charge on any atom is 0.261 e. The number of benzene rings is 2. The SMILES string of the molecule is CCN(CC)CC(=O)Nc1ccc(NC(=O)CCN2C(=O)c3ccccc3C2=O)cc1C. The molecule has 1 aliphatic rings. The van der Waals surface area contributed by atoms with Gasteiger partial charge in [-0.3, -0.25) is 29.0 Å². The fourth-order valence-electron chi connectivity index (χ4n) is 3.60. The number of hydrogen-bond donors (Lipinski definition) is 2.